The molecule has 4 fully saturated rings. The number of nitrogens with zero attached hydrogens (tertiary/aromatic N) is 5. The van der Waals surface area contributed by atoms with Gasteiger partial charge in [-0.2, -0.15) is 15.2 Å². The van der Waals surface area contributed by atoms with Crippen molar-refractivity contribution in [1.29, 1.82) is 5.26 Å². The fourth-order valence-electron chi connectivity index (χ4n) is 7.85. The third kappa shape index (κ3) is 6.05. The quantitative estimate of drug-likeness (QED) is 0.225. The molecule has 4 aliphatic heterocycles. The van der Waals surface area contributed by atoms with E-state index in [4.69, 9.17) is 27.1 Å². The van der Waals surface area contributed by atoms with E-state index in [2.05, 4.69) is 30.9 Å². The average Bonchev–Trinajstić information content (AvgIpc) is 3.84. The summed E-state index contributed by atoms with van der Waals surface area (Å²) in [6.07, 6.45) is 6.56. The Morgan fingerprint density at radius 1 is 1.12 bits per heavy atom. The molecule has 4 aliphatic rings. The van der Waals surface area contributed by atoms with E-state index in [1.807, 2.05) is 13.8 Å². The summed E-state index contributed by atoms with van der Waals surface area (Å²) in [5.74, 6) is -0.605. The van der Waals surface area contributed by atoms with E-state index >= 15 is 4.39 Å². The molecular formula is C35H42ClF2N7O2S. The summed E-state index contributed by atoms with van der Waals surface area (Å²) in [6.45, 7) is 8.05. The van der Waals surface area contributed by atoms with Crippen molar-refractivity contribution in [2.75, 3.05) is 57.6 Å². The van der Waals surface area contributed by atoms with Crippen LogP contribution < -0.4 is 20.7 Å². The van der Waals surface area contributed by atoms with Crippen LogP contribution >= 0.6 is 22.9 Å². The third-order valence-corrected chi connectivity index (χ3v) is 11.2. The molecule has 0 radical (unpaired) electrons. The highest BCUT2D eigenvalue weighted by molar-refractivity contribution is 7.23. The number of halogens is 3. The van der Waals surface area contributed by atoms with E-state index in [0.717, 1.165) is 76.0 Å². The van der Waals surface area contributed by atoms with Gasteiger partial charge in [0.1, 0.15) is 34.8 Å². The molecule has 4 saturated heterocycles. The highest BCUT2D eigenvalue weighted by Gasteiger charge is 2.45. The molecule has 2 aromatic carbocycles. The number of nitriles is 1. The zero-order chi connectivity index (χ0) is 34.2. The number of piperazine rings is 1. The first kappa shape index (κ1) is 34.5. The van der Waals surface area contributed by atoms with Gasteiger partial charge in [-0.05, 0) is 69.3 Å². The van der Waals surface area contributed by atoms with Crippen molar-refractivity contribution in [2.45, 2.75) is 70.0 Å². The Labute approximate surface area is 289 Å². The molecule has 48 heavy (non-hydrogen) atoms. The summed E-state index contributed by atoms with van der Waals surface area (Å²) in [5.41, 5.74) is 6.56. The lowest BCUT2D eigenvalue weighted by atomic mass is 9.95. The number of benzene rings is 2. The molecule has 13 heteroatoms. The van der Waals surface area contributed by atoms with Crippen LogP contribution in [0, 0.1) is 23.0 Å². The molecule has 4 aromatic rings. The minimum atomic E-state index is -0.669. The molecule has 2 atom stereocenters. The summed E-state index contributed by atoms with van der Waals surface area (Å²) in [5, 5.41) is 14.5. The normalized spacial score (nSPS) is 21.0. The number of nitrogens with two attached hydrogens (primary N) is 1. The van der Waals surface area contributed by atoms with Crippen LogP contribution in [-0.4, -0.2) is 79.5 Å². The van der Waals surface area contributed by atoms with Crippen LogP contribution in [0.5, 0.6) is 6.01 Å². The Kier molecular flexibility index (Phi) is 10.3. The number of methoxy groups -OCH3 is 1. The second kappa shape index (κ2) is 14.3. The SMILES string of the molecule is CC.COC.N#Cc1c(N)sc2c(F)ccc(-c3c(Cl)cc4c(N5CC6CCC(C5)N6)nc(OCC56CCCN5CCC6)nc4c3F)c12. The maximum atomic E-state index is 16.9. The number of rotatable bonds is 5. The molecule has 6 heterocycles. The van der Waals surface area contributed by atoms with E-state index in [9.17, 15) is 9.65 Å². The highest BCUT2D eigenvalue weighted by atomic mass is 35.5. The topological polar surface area (TPSA) is 113 Å². The predicted octanol–water partition coefficient (Wildman–Crippen LogP) is 7.13. The van der Waals surface area contributed by atoms with Crippen LogP contribution in [0.2, 0.25) is 5.02 Å². The van der Waals surface area contributed by atoms with Gasteiger partial charge in [0, 0.05) is 55.7 Å². The van der Waals surface area contributed by atoms with E-state index in [1.165, 1.54) is 12.1 Å². The molecule has 0 aliphatic carbocycles. The van der Waals surface area contributed by atoms with Gasteiger partial charge in [-0.3, -0.25) is 4.90 Å². The van der Waals surface area contributed by atoms with Crippen molar-refractivity contribution >= 4 is 54.7 Å². The second-order valence-corrected chi connectivity index (χ2v) is 14.1. The Bertz CT molecular complexity index is 1840. The Morgan fingerprint density at radius 3 is 2.44 bits per heavy atom. The lowest BCUT2D eigenvalue weighted by molar-refractivity contribution is 0.108. The number of ether oxygens (including phenoxy) is 2. The number of nitrogens with one attached hydrogen (secondary N) is 1. The van der Waals surface area contributed by atoms with Gasteiger partial charge in [0.2, 0.25) is 0 Å². The number of fused-ring (bicyclic) bond motifs is 5. The van der Waals surface area contributed by atoms with Gasteiger partial charge in [0.15, 0.2) is 5.82 Å². The van der Waals surface area contributed by atoms with Gasteiger partial charge >= 0.3 is 6.01 Å². The number of thiophene rings is 1. The van der Waals surface area contributed by atoms with Gasteiger partial charge < -0.3 is 25.4 Å². The van der Waals surface area contributed by atoms with Crippen LogP contribution in [-0.2, 0) is 4.74 Å². The summed E-state index contributed by atoms with van der Waals surface area (Å²) < 4.78 is 42.5. The molecule has 0 spiro atoms. The molecule has 0 amide bonds. The predicted molar refractivity (Wildman–Crippen MR) is 189 cm³/mol. The minimum Gasteiger partial charge on any atom is -0.461 e. The van der Waals surface area contributed by atoms with Crippen LogP contribution in [0.25, 0.3) is 32.1 Å². The van der Waals surface area contributed by atoms with Crippen molar-refractivity contribution in [3.05, 3.63) is 40.4 Å². The number of hydrogen-bond acceptors (Lipinski definition) is 10. The molecule has 9 nitrogen and oxygen atoms in total. The number of aromatic nitrogens is 2. The summed E-state index contributed by atoms with van der Waals surface area (Å²) >= 11 is 7.81. The number of hydrogen-bond donors (Lipinski definition) is 2. The Morgan fingerprint density at radius 2 is 1.79 bits per heavy atom. The van der Waals surface area contributed by atoms with E-state index < -0.39 is 11.6 Å². The highest BCUT2D eigenvalue weighted by Crippen LogP contribution is 2.46. The molecule has 3 N–H and O–H groups in total. The van der Waals surface area contributed by atoms with Gasteiger partial charge in [0.05, 0.1) is 20.8 Å². The summed E-state index contributed by atoms with van der Waals surface area (Å²) in [7, 11) is 3.25. The van der Waals surface area contributed by atoms with Crippen LogP contribution in [0.15, 0.2) is 18.2 Å². The van der Waals surface area contributed by atoms with Gasteiger partial charge in [0.25, 0.3) is 0 Å². The third-order valence-electron chi connectivity index (χ3n) is 9.84. The smallest absolute Gasteiger partial charge is 0.319 e. The maximum absolute atomic E-state index is 16.9. The summed E-state index contributed by atoms with van der Waals surface area (Å²) in [4.78, 5) is 14.2. The first-order valence-corrected chi connectivity index (χ1v) is 17.9. The summed E-state index contributed by atoms with van der Waals surface area (Å²) in [6, 6.07) is 7.24. The fourth-order valence-corrected chi connectivity index (χ4v) is 9.09. The van der Waals surface area contributed by atoms with Gasteiger partial charge in [-0.25, -0.2) is 8.78 Å². The van der Waals surface area contributed by atoms with E-state index in [-0.39, 0.29) is 48.3 Å². The zero-order valence-corrected chi connectivity index (χ0v) is 29.4. The standard InChI is InChI=1S/C31H30ClF2N7OS.C2H6O.C2H6/c32-21-11-19-26(25(34)24(21)18-5-6-22(33)27-23(18)20(12-35)28(36)43-27)38-30(42-15-31-7-1-9-41(31)10-2-8-31)39-29(19)40-13-16-3-4-17(14-40)37-16;1-3-2;1-2/h5-6,11,16-17,37H,1-4,7-10,13-15,36H2;1-2H3;1-2H3. The van der Waals surface area contributed by atoms with Crippen molar-refractivity contribution in [3.8, 4) is 23.2 Å². The van der Waals surface area contributed by atoms with Gasteiger partial charge in [-0.15, -0.1) is 11.3 Å². The largest absolute Gasteiger partial charge is 0.461 e. The lowest BCUT2D eigenvalue weighted by Crippen LogP contribution is -2.51. The maximum Gasteiger partial charge on any atom is 0.319 e. The molecule has 2 bridgehead atoms. The minimum absolute atomic E-state index is 0.0252. The van der Waals surface area contributed by atoms with Crippen molar-refractivity contribution in [2.24, 2.45) is 0 Å². The Hall–Kier alpha value is -3.34. The van der Waals surface area contributed by atoms with Crippen molar-refractivity contribution in [1.82, 2.24) is 20.2 Å². The molecular weight excluding hydrogens is 656 g/mol. The fraction of sp³-hybridized carbons (Fsp3) is 0.514. The zero-order valence-electron chi connectivity index (χ0n) is 27.8. The average molecular weight is 698 g/mol. The van der Waals surface area contributed by atoms with E-state index in [1.54, 1.807) is 20.3 Å². The molecule has 256 valence electrons. The lowest BCUT2D eigenvalue weighted by Gasteiger charge is -2.35. The molecule has 2 aromatic heterocycles. The van der Waals surface area contributed by atoms with Crippen molar-refractivity contribution < 1.29 is 18.3 Å². The number of nitrogen functional groups attached to an aromatic ring is 1. The first-order valence-electron chi connectivity index (χ1n) is 16.7. The van der Waals surface area contributed by atoms with Crippen LogP contribution in [0.1, 0.15) is 57.9 Å². The molecule has 8 rings (SSSR count). The first-order chi connectivity index (χ1) is 23.3. The van der Waals surface area contributed by atoms with Crippen LogP contribution in [0.4, 0.5) is 19.6 Å². The van der Waals surface area contributed by atoms with Crippen molar-refractivity contribution in [3.63, 3.8) is 0 Å². The molecule has 2 unspecified atom stereocenters. The van der Waals surface area contributed by atoms with Crippen LogP contribution in [0.3, 0.4) is 0 Å². The molecule has 0 saturated carbocycles. The van der Waals surface area contributed by atoms with E-state index in [0.29, 0.717) is 35.5 Å². The monoisotopic (exact) mass is 697 g/mol. The Balaban J connectivity index is 0.000000762. The van der Waals surface area contributed by atoms with Gasteiger partial charge in [-0.1, -0.05) is 31.5 Å². The second-order valence-electron chi connectivity index (χ2n) is 12.7. The number of anilines is 2.